The van der Waals surface area contributed by atoms with E-state index in [9.17, 15) is 0 Å². The quantitative estimate of drug-likeness (QED) is 0.0955. The van der Waals surface area contributed by atoms with Crippen LogP contribution in [0.3, 0.4) is 0 Å². The predicted molar refractivity (Wildman–Crippen MR) is 321 cm³/mol. The zero-order valence-electron chi connectivity index (χ0n) is 43.4. The van der Waals surface area contributed by atoms with Gasteiger partial charge < -0.3 is 19.0 Å². The third kappa shape index (κ3) is 8.17. The Bertz CT molecular complexity index is 3850. The molecule has 0 radical (unpaired) electrons. The van der Waals surface area contributed by atoms with Gasteiger partial charge in [0.25, 0.3) is 0 Å². The standard InChI is InChI=1S/C70H62BN3O/c1-4-7-22-48-25-20-32-54(43-48)72(55-33-21-26-49(44-55)23-8-5-2)56-38-42-64-62(47-56)71-68-65(73(64)63-41-37-50(24-9-6-3)45-61(63)51-27-12-10-13-28-51)46-52-29-16-17-34-57(52)67(68)60-40-39-59-58-35-18-19-36-66(58)75-70(59)69(60)74(71)53-30-14-11-15-31-53/h10-21,25-47H,4-9,22-24H2,1-3H3. The molecule has 11 aromatic rings. The summed E-state index contributed by atoms with van der Waals surface area (Å²) in [6.45, 7) is 6.60. The highest BCUT2D eigenvalue weighted by Gasteiger charge is 2.47. The predicted octanol–water partition coefficient (Wildman–Crippen LogP) is 18.6. The second-order valence-corrected chi connectivity index (χ2v) is 20.7. The lowest BCUT2D eigenvalue weighted by molar-refractivity contribution is 0.669. The van der Waals surface area contributed by atoms with Crippen LogP contribution in [0.2, 0.25) is 0 Å². The van der Waals surface area contributed by atoms with Gasteiger partial charge in [0.15, 0.2) is 5.58 Å². The fraction of sp³-hybridized carbons (Fsp3) is 0.171. The lowest BCUT2D eigenvalue weighted by Crippen LogP contribution is -2.61. The number of unbranched alkanes of at least 4 members (excludes halogenated alkanes) is 3. The van der Waals surface area contributed by atoms with Crippen molar-refractivity contribution in [3.05, 3.63) is 229 Å². The molecule has 0 saturated carbocycles. The van der Waals surface area contributed by atoms with Crippen LogP contribution in [-0.4, -0.2) is 6.85 Å². The van der Waals surface area contributed by atoms with Gasteiger partial charge in [-0.25, -0.2) is 0 Å². The zero-order valence-corrected chi connectivity index (χ0v) is 43.4. The van der Waals surface area contributed by atoms with Crippen molar-refractivity contribution < 1.29 is 4.42 Å². The number of fused-ring (bicyclic) bond motifs is 10. The van der Waals surface area contributed by atoms with Gasteiger partial charge in [-0.05, 0) is 173 Å². The van der Waals surface area contributed by atoms with Crippen molar-refractivity contribution in [2.45, 2.75) is 78.6 Å². The van der Waals surface area contributed by atoms with Gasteiger partial charge in [0.1, 0.15) is 5.58 Å². The molecule has 2 aliphatic rings. The van der Waals surface area contributed by atoms with Crippen molar-refractivity contribution >= 4 is 96.0 Å². The molecule has 4 nitrogen and oxygen atoms in total. The molecular weight excluding hydrogens is 910 g/mol. The van der Waals surface area contributed by atoms with E-state index >= 15 is 0 Å². The maximum absolute atomic E-state index is 7.15. The number of nitrogens with zero attached hydrogens (tertiary/aromatic N) is 3. The molecule has 0 bridgehead atoms. The summed E-state index contributed by atoms with van der Waals surface area (Å²) in [5, 5.41) is 4.68. The number of benzene rings is 10. The van der Waals surface area contributed by atoms with Crippen molar-refractivity contribution in [1.82, 2.24) is 0 Å². The Morgan fingerprint density at radius 3 is 1.77 bits per heavy atom. The Labute approximate surface area is 442 Å². The number of hydrogen-bond acceptors (Lipinski definition) is 4. The lowest BCUT2D eigenvalue weighted by atomic mass is 9.43. The van der Waals surface area contributed by atoms with Crippen LogP contribution in [0.25, 0.3) is 55.0 Å². The first-order chi connectivity index (χ1) is 37.1. The third-order valence-electron chi connectivity index (χ3n) is 15.9. The molecule has 5 heteroatoms. The van der Waals surface area contributed by atoms with Crippen molar-refractivity contribution in [3.8, 4) is 22.3 Å². The van der Waals surface area contributed by atoms with Gasteiger partial charge in [0.05, 0.1) is 11.4 Å². The molecule has 0 atom stereocenters. The second-order valence-electron chi connectivity index (χ2n) is 20.7. The molecular formula is C70H62BN3O. The second kappa shape index (κ2) is 19.9. The van der Waals surface area contributed by atoms with Gasteiger partial charge in [-0.15, -0.1) is 0 Å². The number of rotatable bonds is 15. The summed E-state index contributed by atoms with van der Waals surface area (Å²) in [7, 11) is 0. The average molecular weight is 972 g/mol. The van der Waals surface area contributed by atoms with E-state index in [4.69, 9.17) is 4.42 Å². The van der Waals surface area contributed by atoms with Gasteiger partial charge in [-0.2, -0.15) is 0 Å². The molecule has 0 fully saturated rings. The molecule has 0 aliphatic carbocycles. The van der Waals surface area contributed by atoms with Crippen LogP contribution in [0.4, 0.5) is 45.5 Å². The van der Waals surface area contributed by atoms with E-state index in [-0.39, 0.29) is 6.85 Å². The lowest BCUT2D eigenvalue weighted by Gasteiger charge is -2.46. The van der Waals surface area contributed by atoms with Crippen LogP contribution in [0.15, 0.2) is 217 Å². The number of hydrogen-bond donors (Lipinski definition) is 0. The van der Waals surface area contributed by atoms with E-state index in [1.165, 1.54) is 83.4 Å². The number of furan rings is 1. The summed E-state index contributed by atoms with van der Waals surface area (Å²) in [6, 6.07) is 80.0. The molecule has 0 spiro atoms. The first-order valence-corrected chi connectivity index (χ1v) is 27.5. The summed E-state index contributed by atoms with van der Waals surface area (Å²) in [5.74, 6) is 0. The normalized spacial score (nSPS) is 12.6. The minimum Gasteiger partial charge on any atom is -0.454 e. The summed E-state index contributed by atoms with van der Waals surface area (Å²) < 4.78 is 7.15. The highest BCUT2D eigenvalue weighted by atomic mass is 16.3. The minimum absolute atomic E-state index is 0.253. The van der Waals surface area contributed by atoms with E-state index in [2.05, 4.69) is 248 Å². The minimum atomic E-state index is -0.253. The molecule has 0 saturated heterocycles. The highest BCUT2D eigenvalue weighted by Crippen LogP contribution is 2.53. The first kappa shape index (κ1) is 46.5. The van der Waals surface area contributed by atoms with Gasteiger partial charge in [-0.1, -0.05) is 167 Å². The third-order valence-corrected chi connectivity index (χ3v) is 15.9. The summed E-state index contributed by atoms with van der Waals surface area (Å²) >= 11 is 0. The van der Waals surface area contributed by atoms with Crippen molar-refractivity contribution in [2.24, 2.45) is 0 Å². The molecule has 366 valence electrons. The van der Waals surface area contributed by atoms with E-state index < -0.39 is 0 Å². The number of para-hydroxylation sites is 2. The summed E-state index contributed by atoms with van der Waals surface area (Å²) in [5.41, 5.74) is 22.4. The van der Waals surface area contributed by atoms with Crippen molar-refractivity contribution in [3.63, 3.8) is 0 Å². The van der Waals surface area contributed by atoms with E-state index in [1.54, 1.807) is 0 Å². The molecule has 10 aromatic carbocycles. The Kier molecular flexibility index (Phi) is 12.3. The first-order valence-electron chi connectivity index (χ1n) is 27.5. The van der Waals surface area contributed by atoms with Crippen LogP contribution in [0, 0.1) is 0 Å². The largest absolute Gasteiger partial charge is 0.454 e. The topological polar surface area (TPSA) is 22.9 Å². The fourth-order valence-electron chi connectivity index (χ4n) is 12.3. The Morgan fingerprint density at radius 1 is 0.453 bits per heavy atom. The molecule has 75 heavy (non-hydrogen) atoms. The maximum Gasteiger partial charge on any atom is 0.333 e. The van der Waals surface area contributed by atoms with Crippen LogP contribution in [0.1, 0.15) is 76.0 Å². The number of aryl methyl sites for hydroxylation is 3. The SMILES string of the molecule is CCCCc1cccc(N(c2cccc(CCCC)c2)c2ccc3c(c2)B2c4c(cc5ccccc5c4-c4ccc5c(oc6ccccc65)c4N2c2ccccc2)N3c2ccc(CCCC)cc2-c2ccccc2)c1. The van der Waals surface area contributed by atoms with Crippen molar-refractivity contribution in [1.29, 1.82) is 0 Å². The smallest absolute Gasteiger partial charge is 0.333 e. The van der Waals surface area contributed by atoms with E-state index in [0.29, 0.717) is 0 Å². The number of anilines is 8. The summed E-state index contributed by atoms with van der Waals surface area (Å²) in [4.78, 5) is 7.75. The monoisotopic (exact) mass is 971 g/mol. The molecule has 0 N–H and O–H groups in total. The van der Waals surface area contributed by atoms with Crippen LogP contribution < -0.4 is 25.5 Å². The van der Waals surface area contributed by atoms with Gasteiger partial charge in [0, 0.05) is 56.0 Å². The van der Waals surface area contributed by atoms with Crippen LogP contribution >= 0.6 is 0 Å². The van der Waals surface area contributed by atoms with Crippen LogP contribution in [0.5, 0.6) is 0 Å². The molecule has 3 heterocycles. The molecule has 0 unspecified atom stereocenters. The van der Waals surface area contributed by atoms with E-state index in [1.807, 2.05) is 0 Å². The fourth-order valence-corrected chi connectivity index (χ4v) is 12.3. The highest BCUT2D eigenvalue weighted by molar-refractivity contribution is 6.94. The maximum atomic E-state index is 7.15. The van der Waals surface area contributed by atoms with Gasteiger partial charge in [-0.3, -0.25) is 0 Å². The van der Waals surface area contributed by atoms with E-state index in [0.717, 1.165) is 102 Å². The molecule has 0 amide bonds. The molecule has 2 aliphatic heterocycles. The molecule has 1 aromatic heterocycles. The van der Waals surface area contributed by atoms with Crippen LogP contribution in [-0.2, 0) is 19.3 Å². The average Bonchev–Trinajstić information content (AvgIpc) is 3.91. The Morgan fingerprint density at radius 2 is 1.07 bits per heavy atom. The summed E-state index contributed by atoms with van der Waals surface area (Å²) in [6.07, 6.45) is 10.1. The Balaban J connectivity index is 1.15. The van der Waals surface area contributed by atoms with Crippen molar-refractivity contribution in [2.75, 3.05) is 14.6 Å². The van der Waals surface area contributed by atoms with Gasteiger partial charge in [0.2, 0.25) is 0 Å². The molecule has 13 rings (SSSR count). The Hall–Kier alpha value is -8.28. The van der Waals surface area contributed by atoms with Gasteiger partial charge >= 0.3 is 6.85 Å². The zero-order chi connectivity index (χ0) is 50.4.